The van der Waals surface area contributed by atoms with Gasteiger partial charge in [0, 0.05) is 17.0 Å². The van der Waals surface area contributed by atoms with Crippen molar-refractivity contribution in [3.8, 4) is 0 Å². The number of aromatic nitrogens is 4. The van der Waals surface area contributed by atoms with E-state index in [2.05, 4.69) is 63.1 Å². The molecule has 106 valence electrons. The van der Waals surface area contributed by atoms with Crippen LogP contribution < -0.4 is 4.57 Å². The molecule has 0 fully saturated rings. The second-order valence-corrected chi connectivity index (χ2v) is 5.47. The van der Waals surface area contributed by atoms with Gasteiger partial charge in [0.15, 0.2) is 12.7 Å². The lowest BCUT2D eigenvalue weighted by molar-refractivity contribution is -0.662. The molecule has 0 aliphatic carbocycles. The summed E-state index contributed by atoms with van der Waals surface area (Å²) in [6, 6.07) is 14.6. The van der Waals surface area contributed by atoms with Gasteiger partial charge < -0.3 is 0 Å². The Morgan fingerprint density at radius 1 is 0.955 bits per heavy atom. The Bertz CT molecular complexity index is 979. The highest BCUT2D eigenvalue weighted by Gasteiger charge is 2.10. The summed E-state index contributed by atoms with van der Waals surface area (Å²) in [6.45, 7) is 2.87. The van der Waals surface area contributed by atoms with Gasteiger partial charge in [-0.25, -0.2) is 4.98 Å². The molecule has 22 heavy (non-hydrogen) atoms. The molecule has 0 atom stereocenters. The van der Waals surface area contributed by atoms with E-state index in [1.165, 1.54) is 11.1 Å². The minimum atomic E-state index is 0.786. The summed E-state index contributed by atoms with van der Waals surface area (Å²) in [7, 11) is 0. The van der Waals surface area contributed by atoms with Gasteiger partial charge in [0.25, 0.3) is 0 Å². The van der Waals surface area contributed by atoms with Crippen LogP contribution in [-0.2, 0) is 6.54 Å². The van der Waals surface area contributed by atoms with E-state index in [4.69, 9.17) is 0 Å². The molecule has 2 aromatic heterocycles. The predicted octanol–water partition coefficient (Wildman–Crippen LogP) is 2.82. The van der Waals surface area contributed by atoms with Crippen LogP contribution in [0.25, 0.3) is 21.9 Å². The fourth-order valence-electron chi connectivity index (χ4n) is 2.71. The van der Waals surface area contributed by atoms with Crippen molar-refractivity contribution < 1.29 is 4.57 Å². The summed E-state index contributed by atoms with van der Waals surface area (Å²) in [6.07, 6.45) is 5.58. The topological polar surface area (TPSA) is 42.5 Å². The fraction of sp³-hybridized carbons (Fsp3) is 0.111. The summed E-state index contributed by atoms with van der Waals surface area (Å²) in [5.41, 5.74) is 5.50. The fourth-order valence-corrected chi connectivity index (χ4v) is 2.71. The second-order valence-electron chi connectivity index (χ2n) is 5.47. The first-order valence-corrected chi connectivity index (χ1v) is 7.25. The highest BCUT2D eigenvalue weighted by Crippen LogP contribution is 2.13. The lowest BCUT2D eigenvalue weighted by Crippen LogP contribution is -2.35. The number of nitrogens with zero attached hydrogens (tertiary/aromatic N) is 4. The van der Waals surface area contributed by atoms with Crippen molar-refractivity contribution in [1.29, 1.82) is 0 Å². The van der Waals surface area contributed by atoms with Gasteiger partial charge in [-0.2, -0.15) is 14.8 Å². The van der Waals surface area contributed by atoms with E-state index in [9.17, 15) is 0 Å². The van der Waals surface area contributed by atoms with Gasteiger partial charge in [-0.3, -0.25) is 0 Å². The average Bonchev–Trinajstić information content (AvgIpc) is 2.55. The number of aryl methyl sites for hydroxylation is 1. The molecule has 0 aliphatic rings. The third-order valence-corrected chi connectivity index (χ3v) is 3.83. The summed E-state index contributed by atoms with van der Waals surface area (Å²) >= 11 is 0. The Kier molecular flexibility index (Phi) is 3.00. The van der Waals surface area contributed by atoms with E-state index < -0.39 is 0 Å². The predicted molar refractivity (Wildman–Crippen MR) is 85.3 cm³/mol. The minimum absolute atomic E-state index is 0.786. The molecule has 4 heteroatoms. The number of rotatable bonds is 2. The minimum Gasteiger partial charge on any atom is -0.244 e. The van der Waals surface area contributed by atoms with Gasteiger partial charge in [0.2, 0.25) is 5.52 Å². The molecule has 0 bridgehead atoms. The van der Waals surface area contributed by atoms with Crippen molar-refractivity contribution in [1.82, 2.24) is 15.2 Å². The van der Waals surface area contributed by atoms with Crippen LogP contribution in [0, 0.1) is 6.92 Å². The Morgan fingerprint density at radius 2 is 1.91 bits per heavy atom. The Morgan fingerprint density at radius 3 is 2.86 bits per heavy atom. The Hall–Kier alpha value is -2.88. The monoisotopic (exact) mass is 287 g/mol. The maximum atomic E-state index is 4.45. The summed E-state index contributed by atoms with van der Waals surface area (Å²) in [5, 5.41) is 9.25. The van der Waals surface area contributed by atoms with E-state index in [1.807, 2.05) is 18.5 Å². The number of benzene rings is 2. The normalized spacial score (nSPS) is 11.1. The van der Waals surface area contributed by atoms with Crippen LogP contribution in [0.3, 0.4) is 0 Å². The zero-order chi connectivity index (χ0) is 14.9. The zero-order valence-electron chi connectivity index (χ0n) is 12.3. The Labute approximate surface area is 128 Å². The highest BCUT2D eigenvalue weighted by molar-refractivity contribution is 5.78. The van der Waals surface area contributed by atoms with Gasteiger partial charge in [-0.05, 0) is 30.7 Å². The lowest BCUT2D eigenvalue weighted by atomic mass is 10.1. The maximum absolute atomic E-state index is 4.45. The van der Waals surface area contributed by atoms with Crippen molar-refractivity contribution in [2.45, 2.75) is 13.5 Å². The van der Waals surface area contributed by atoms with Crippen molar-refractivity contribution >= 4 is 21.9 Å². The third-order valence-electron chi connectivity index (χ3n) is 3.83. The second kappa shape index (κ2) is 5.15. The zero-order valence-corrected chi connectivity index (χ0v) is 12.3. The first-order chi connectivity index (χ1) is 10.8. The number of hydrogen-bond acceptors (Lipinski definition) is 3. The van der Waals surface area contributed by atoms with Gasteiger partial charge in [0.1, 0.15) is 5.52 Å². The molecule has 2 heterocycles. The molecule has 2 aromatic carbocycles. The van der Waals surface area contributed by atoms with Gasteiger partial charge >= 0.3 is 0 Å². The van der Waals surface area contributed by atoms with E-state index in [0.29, 0.717) is 0 Å². The maximum Gasteiger partial charge on any atom is 0.231 e. The Balaban J connectivity index is 1.78. The van der Waals surface area contributed by atoms with Crippen LogP contribution in [0.1, 0.15) is 11.1 Å². The van der Waals surface area contributed by atoms with Crippen molar-refractivity contribution in [3.05, 3.63) is 72.2 Å². The molecule has 0 unspecified atom stereocenters. The van der Waals surface area contributed by atoms with E-state index in [0.717, 1.165) is 28.5 Å². The highest BCUT2D eigenvalue weighted by atomic mass is 15.1. The summed E-state index contributed by atoms with van der Waals surface area (Å²) in [5.74, 6) is 0. The van der Waals surface area contributed by atoms with Gasteiger partial charge in [-0.1, -0.05) is 18.2 Å². The van der Waals surface area contributed by atoms with Crippen LogP contribution in [0.4, 0.5) is 0 Å². The largest absolute Gasteiger partial charge is 0.244 e. The van der Waals surface area contributed by atoms with Crippen LogP contribution in [-0.4, -0.2) is 15.2 Å². The SMILES string of the molecule is Cc1ccc2c(c1)ncc[n+]2Cc1ccc2ccnnc2c1. The quantitative estimate of drug-likeness (QED) is 0.532. The average molecular weight is 287 g/mol. The van der Waals surface area contributed by atoms with Crippen LogP contribution in [0.2, 0.25) is 0 Å². The molecule has 0 amide bonds. The van der Waals surface area contributed by atoms with Crippen LogP contribution in [0.5, 0.6) is 0 Å². The lowest BCUT2D eigenvalue weighted by Gasteiger charge is -2.03. The number of fused-ring (bicyclic) bond motifs is 2. The molecule has 0 saturated carbocycles. The third kappa shape index (κ3) is 2.29. The molecular formula is C18H15N4+. The molecule has 0 N–H and O–H groups in total. The van der Waals surface area contributed by atoms with E-state index in [1.54, 1.807) is 6.20 Å². The summed E-state index contributed by atoms with van der Waals surface area (Å²) < 4.78 is 2.21. The van der Waals surface area contributed by atoms with E-state index >= 15 is 0 Å². The smallest absolute Gasteiger partial charge is 0.231 e. The van der Waals surface area contributed by atoms with Crippen molar-refractivity contribution in [2.75, 3.05) is 0 Å². The van der Waals surface area contributed by atoms with Crippen molar-refractivity contribution in [2.24, 2.45) is 0 Å². The number of hydrogen-bond donors (Lipinski definition) is 0. The van der Waals surface area contributed by atoms with Crippen LogP contribution in [0.15, 0.2) is 61.1 Å². The molecular weight excluding hydrogens is 272 g/mol. The molecule has 0 aliphatic heterocycles. The molecule has 4 rings (SSSR count). The summed E-state index contributed by atoms with van der Waals surface area (Å²) in [4.78, 5) is 4.45. The van der Waals surface area contributed by atoms with Crippen molar-refractivity contribution in [3.63, 3.8) is 0 Å². The first kappa shape index (κ1) is 12.8. The first-order valence-electron chi connectivity index (χ1n) is 7.25. The van der Waals surface area contributed by atoms with Gasteiger partial charge in [-0.15, -0.1) is 0 Å². The molecule has 0 saturated heterocycles. The molecule has 4 aromatic rings. The molecule has 0 spiro atoms. The van der Waals surface area contributed by atoms with Gasteiger partial charge in [0.05, 0.1) is 17.9 Å². The van der Waals surface area contributed by atoms with E-state index in [-0.39, 0.29) is 0 Å². The van der Waals surface area contributed by atoms with Crippen LogP contribution >= 0.6 is 0 Å². The molecule has 4 nitrogen and oxygen atoms in total. The molecule has 0 radical (unpaired) electrons. The standard InChI is InChI=1S/C18H15N4/c1-13-2-5-18-17(10-13)19-8-9-22(18)12-14-3-4-15-6-7-20-21-16(15)11-14/h2-11H,12H2,1H3/q+1.